The highest BCUT2D eigenvalue weighted by Crippen LogP contribution is 2.36. The van der Waals surface area contributed by atoms with E-state index in [1.807, 2.05) is 0 Å². The largest absolute Gasteiger partial charge is 0.489 e. The van der Waals surface area contributed by atoms with Gasteiger partial charge in [-0.05, 0) is 43.9 Å². The van der Waals surface area contributed by atoms with Crippen molar-refractivity contribution in [3.8, 4) is 5.75 Å². The molecule has 0 radical (unpaired) electrons. The Morgan fingerprint density at radius 1 is 1.15 bits per heavy atom. The van der Waals surface area contributed by atoms with Crippen LogP contribution in [0.3, 0.4) is 0 Å². The lowest BCUT2D eigenvalue weighted by Crippen LogP contribution is -2.29. The first-order valence-corrected chi connectivity index (χ1v) is 8.59. The molecule has 1 aliphatic carbocycles. The van der Waals surface area contributed by atoms with Crippen LogP contribution in [-0.2, 0) is 20.5 Å². The summed E-state index contributed by atoms with van der Waals surface area (Å²) in [5.74, 6) is -2.12. The SMILES string of the molecule is COCCOc1ccc(C(F)(F)F)cc1NC(=O)C1CCC(C(=O)O)CC1. The van der Waals surface area contributed by atoms with Crippen molar-refractivity contribution in [3.05, 3.63) is 23.8 Å². The summed E-state index contributed by atoms with van der Waals surface area (Å²) in [7, 11) is 1.46. The molecule has 27 heavy (non-hydrogen) atoms. The number of carbonyl (C=O) groups is 2. The van der Waals surface area contributed by atoms with Crippen LogP contribution in [0.1, 0.15) is 31.2 Å². The summed E-state index contributed by atoms with van der Waals surface area (Å²) in [5, 5.41) is 11.5. The molecule has 2 rings (SSSR count). The zero-order chi connectivity index (χ0) is 20.0. The number of carboxylic acid groups (broad SMARTS) is 1. The number of rotatable bonds is 7. The van der Waals surface area contributed by atoms with Gasteiger partial charge >= 0.3 is 12.1 Å². The van der Waals surface area contributed by atoms with E-state index in [1.54, 1.807) is 0 Å². The number of halogens is 3. The predicted octanol–water partition coefficient (Wildman–Crippen LogP) is 3.56. The van der Waals surface area contributed by atoms with E-state index >= 15 is 0 Å². The van der Waals surface area contributed by atoms with Crippen LogP contribution in [-0.4, -0.2) is 37.3 Å². The highest BCUT2D eigenvalue weighted by molar-refractivity contribution is 5.94. The van der Waals surface area contributed by atoms with Gasteiger partial charge in [-0.25, -0.2) is 0 Å². The van der Waals surface area contributed by atoms with E-state index in [4.69, 9.17) is 14.6 Å². The smallest absolute Gasteiger partial charge is 0.416 e. The molecule has 6 nitrogen and oxygen atoms in total. The van der Waals surface area contributed by atoms with Gasteiger partial charge in [0.2, 0.25) is 5.91 Å². The van der Waals surface area contributed by atoms with Crippen LogP contribution >= 0.6 is 0 Å². The van der Waals surface area contributed by atoms with E-state index in [2.05, 4.69) is 5.32 Å². The maximum atomic E-state index is 13.0. The minimum absolute atomic E-state index is 0.0636. The van der Waals surface area contributed by atoms with Gasteiger partial charge in [-0.3, -0.25) is 9.59 Å². The van der Waals surface area contributed by atoms with Crippen LogP contribution in [0.4, 0.5) is 18.9 Å². The molecule has 1 aromatic rings. The molecule has 1 aliphatic rings. The number of methoxy groups -OCH3 is 1. The summed E-state index contributed by atoms with van der Waals surface area (Å²) in [6.45, 7) is 0.363. The molecule has 0 bridgehead atoms. The quantitative estimate of drug-likeness (QED) is 0.697. The number of hydrogen-bond acceptors (Lipinski definition) is 4. The number of ether oxygens (including phenoxy) is 2. The molecule has 1 fully saturated rings. The van der Waals surface area contributed by atoms with Crippen LogP contribution < -0.4 is 10.1 Å². The summed E-state index contributed by atoms with van der Waals surface area (Å²) < 4.78 is 49.2. The molecule has 1 aromatic carbocycles. The fourth-order valence-corrected chi connectivity index (χ4v) is 3.00. The van der Waals surface area contributed by atoms with Crippen LogP contribution in [0.5, 0.6) is 5.75 Å². The van der Waals surface area contributed by atoms with Crippen molar-refractivity contribution in [1.29, 1.82) is 0 Å². The van der Waals surface area contributed by atoms with E-state index in [9.17, 15) is 22.8 Å². The van der Waals surface area contributed by atoms with Crippen LogP contribution in [0.25, 0.3) is 0 Å². The van der Waals surface area contributed by atoms with Crippen molar-refractivity contribution in [1.82, 2.24) is 0 Å². The molecule has 150 valence electrons. The van der Waals surface area contributed by atoms with Crippen LogP contribution in [0, 0.1) is 11.8 Å². The standard InChI is InChI=1S/C18H22F3NO5/c1-26-8-9-27-15-7-6-13(18(19,20)21)10-14(15)22-16(23)11-2-4-12(5-3-11)17(24)25/h6-7,10-12H,2-5,8-9H2,1H3,(H,22,23)(H,24,25). The van der Waals surface area contributed by atoms with E-state index in [1.165, 1.54) is 7.11 Å². The Bertz CT molecular complexity index is 669. The number of hydrogen-bond donors (Lipinski definition) is 2. The van der Waals surface area contributed by atoms with Gasteiger partial charge in [0, 0.05) is 13.0 Å². The van der Waals surface area contributed by atoms with Gasteiger partial charge in [0.1, 0.15) is 12.4 Å². The van der Waals surface area contributed by atoms with Crippen molar-refractivity contribution >= 4 is 17.6 Å². The Hall–Kier alpha value is -2.29. The van der Waals surface area contributed by atoms with Crippen molar-refractivity contribution in [2.75, 3.05) is 25.6 Å². The minimum Gasteiger partial charge on any atom is -0.489 e. The summed E-state index contributed by atoms with van der Waals surface area (Å²) >= 11 is 0. The van der Waals surface area contributed by atoms with Gasteiger partial charge in [0.15, 0.2) is 0 Å². The summed E-state index contributed by atoms with van der Waals surface area (Å²) in [4.78, 5) is 23.5. The predicted molar refractivity (Wildman–Crippen MR) is 90.5 cm³/mol. The van der Waals surface area contributed by atoms with Crippen LogP contribution in [0.15, 0.2) is 18.2 Å². The Morgan fingerprint density at radius 3 is 2.33 bits per heavy atom. The molecule has 1 saturated carbocycles. The third-order valence-corrected chi connectivity index (χ3v) is 4.56. The van der Waals surface area contributed by atoms with Gasteiger partial charge in [0.05, 0.1) is 23.8 Å². The zero-order valence-electron chi connectivity index (χ0n) is 14.8. The second-order valence-electron chi connectivity index (χ2n) is 6.43. The second-order valence-corrected chi connectivity index (χ2v) is 6.43. The topological polar surface area (TPSA) is 84.9 Å². The molecule has 0 aromatic heterocycles. The normalized spacial score (nSPS) is 20.1. The fraction of sp³-hybridized carbons (Fsp3) is 0.556. The highest BCUT2D eigenvalue weighted by Gasteiger charge is 2.33. The first-order chi connectivity index (χ1) is 12.7. The maximum Gasteiger partial charge on any atom is 0.416 e. The lowest BCUT2D eigenvalue weighted by molar-refractivity contribution is -0.143. The third-order valence-electron chi connectivity index (χ3n) is 4.56. The van der Waals surface area contributed by atoms with Crippen molar-refractivity contribution < 1.29 is 37.3 Å². The van der Waals surface area contributed by atoms with Gasteiger partial charge in [-0.15, -0.1) is 0 Å². The van der Waals surface area contributed by atoms with Crippen LogP contribution in [0.2, 0.25) is 0 Å². The summed E-state index contributed by atoms with van der Waals surface area (Å²) in [6.07, 6.45) is -3.06. The molecule has 2 N–H and O–H groups in total. The average Bonchev–Trinajstić information content (AvgIpc) is 2.62. The lowest BCUT2D eigenvalue weighted by atomic mass is 9.81. The van der Waals surface area contributed by atoms with E-state index < -0.39 is 35.5 Å². The lowest BCUT2D eigenvalue weighted by Gasteiger charge is -2.25. The number of nitrogens with one attached hydrogen (secondary N) is 1. The number of carbonyl (C=O) groups excluding carboxylic acids is 1. The number of benzene rings is 1. The minimum atomic E-state index is -4.55. The number of carboxylic acids is 1. The molecule has 9 heteroatoms. The second kappa shape index (κ2) is 9.07. The van der Waals surface area contributed by atoms with Crippen molar-refractivity contribution in [3.63, 3.8) is 0 Å². The van der Waals surface area contributed by atoms with E-state index in [0.29, 0.717) is 25.7 Å². The first-order valence-electron chi connectivity index (χ1n) is 8.59. The highest BCUT2D eigenvalue weighted by atomic mass is 19.4. The Kier molecular flexibility index (Phi) is 7.06. The molecule has 0 saturated heterocycles. The number of amides is 1. The fourth-order valence-electron chi connectivity index (χ4n) is 3.00. The monoisotopic (exact) mass is 389 g/mol. The molecule has 0 heterocycles. The average molecular weight is 389 g/mol. The zero-order valence-corrected chi connectivity index (χ0v) is 14.8. The Morgan fingerprint density at radius 2 is 1.78 bits per heavy atom. The van der Waals surface area contributed by atoms with Crippen molar-refractivity contribution in [2.45, 2.75) is 31.9 Å². The molecule has 0 atom stereocenters. The summed E-state index contributed by atoms with van der Waals surface area (Å²) in [6, 6.07) is 2.88. The Labute approximate surface area is 154 Å². The molecular weight excluding hydrogens is 367 g/mol. The molecule has 0 unspecified atom stereocenters. The number of alkyl halides is 3. The number of aliphatic carboxylic acids is 1. The van der Waals surface area contributed by atoms with E-state index in [0.717, 1.165) is 18.2 Å². The van der Waals surface area contributed by atoms with Gasteiger partial charge < -0.3 is 19.9 Å². The molecule has 1 amide bonds. The van der Waals surface area contributed by atoms with Gasteiger partial charge in [0.25, 0.3) is 0 Å². The third kappa shape index (κ3) is 5.85. The number of anilines is 1. The first kappa shape index (κ1) is 21.0. The molecule has 0 aliphatic heterocycles. The molecule has 0 spiro atoms. The molecular formula is C18H22F3NO5. The Balaban J connectivity index is 2.12. The van der Waals surface area contributed by atoms with Crippen molar-refractivity contribution in [2.24, 2.45) is 11.8 Å². The van der Waals surface area contributed by atoms with Gasteiger partial charge in [-0.2, -0.15) is 13.2 Å². The van der Waals surface area contributed by atoms with E-state index in [-0.39, 0.29) is 24.7 Å². The summed E-state index contributed by atoms with van der Waals surface area (Å²) in [5.41, 5.74) is -0.960. The van der Waals surface area contributed by atoms with Gasteiger partial charge in [-0.1, -0.05) is 0 Å². The maximum absolute atomic E-state index is 13.0.